The summed E-state index contributed by atoms with van der Waals surface area (Å²) in [5.41, 5.74) is 5.76. The van der Waals surface area contributed by atoms with Crippen molar-refractivity contribution in [3.8, 4) is 0 Å². The van der Waals surface area contributed by atoms with Crippen LogP contribution in [-0.2, 0) is 0 Å². The summed E-state index contributed by atoms with van der Waals surface area (Å²) < 4.78 is 0. The Morgan fingerprint density at radius 1 is 1.21 bits per heavy atom. The zero-order chi connectivity index (χ0) is 9.97. The Morgan fingerprint density at radius 2 is 1.93 bits per heavy atom. The predicted molar refractivity (Wildman–Crippen MR) is 60.1 cm³/mol. The molecule has 0 aromatic heterocycles. The summed E-state index contributed by atoms with van der Waals surface area (Å²) in [6.45, 7) is 3.65. The third kappa shape index (κ3) is 2.48. The van der Waals surface area contributed by atoms with Crippen molar-refractivity contribution in [3.05, 3.63) is 0 Å². The molecule has 2 unspecified atom stereocenters. The van der Waals surface area contributed by atoms with Crippen molar-refractivity contribution >= 4 is 0 Å². The van der Waals surface area contributed by atoms with Gasteiger partial charge in [-0.05, 0) is 37.6 Å². The van der Waals surface area contributed by atoms with Crippen molar-refractivity contribution in [2.45, 2.75) is 57.5 Å². The van der Waals surface area contributed by atoms with Gasteiger partial charge in [-0.1, -0.05) is 26.2 Å². The monoisotopic (exact) mass is 196 g/mol. The van der Waals surface area contributed by atoms with E-state index in [1.807, 2.05) is 0 Å². The van der Waals surface area contributed by atoms with Crippen molar-refractivity contribution in [1.29, 1.82) is 0 Å². The van der Waals surface area contributed by atoms with Gasteiger partial charge in [-0.2, -0.15) is 0 Å². The molecule has 2 rings (SSSR count). The van der Waals surface area contributed by atoms with E-state index in [-0.39, 0.29) is 0 Å². The maximum atomic E-state index is 5.76. The first-order chi connectivity index (χ1) is 6.75. The van der Waals surface area contributed by atoms with Crippen LogP contribution in [0.15, 0.2) is 0 Å². The molecule has 0 amide bonds. The van der Waals surface area contributed by atoms with Crippen molar-refractivity contribution in [1.82, 2.24) is 5.32 Å². The highest BCUT2D eigenvalue weighted by Gasteiger charge is 2.27. The average molecular weight is 196 g/mol. The third-order valence-corrected chi connectivity index (χ3v) is 4.13. The highest BCUT2D eigenvalue weighted by molar-refractivity contribution is 4.88. The van der Waals surface area contributed by atoms with E-state index in [1.165, 1.54) is 45.1 Å². The van der Waals surface area contributed by atoms with Gasteiger partial charge in [0.2, 0.25) is 0 Å². The molecule has 2 nitrogen and oxygen atoms in total. The second-order valence-electron chi connectivity index (χ2n) is 5.36. The predicted octanol–water partition coefficient (Wildman–Crippen LogP) is 1.89. The van der Waals surface area contributed by atoms with Gasteiger partial charge in [0.15, 0.2) is 0 Å². The molecular weight excluding hydrogens is 172 g/mol. The summed E-state index contributed by atoms with van der Waals surface area (Å²) in [6.07, 6.45) is 8.17. The molecular formula is C12H24N2. The maximum Gasteiger partial charge on any atom is 0.00966 e. The average Bonchev–Trinajstić information content (AvgIpc) is 2.13. The minimum Gasteiger partial charge on any atom is -0.328 e. The van der Waals surface area contributed by atoms with Crippen LogP contribution in [0.2, 0.25) is 0 Å². The second-order valence-corrected chi connectivity index (χ2v) is 5.36. The number of nitrogens with two attached hydrogens (primary N) is 1. The van der Waals surface area contributed by atoms with Gasteiger partial charge in [0.1, 0.15) is 0 Å². The zero-order valence-electron chi connectivity index (χ0n) is 9.34. The summed E-state index contributed by atoms with van der Waals surface area (Å²) in [6, 6.07) is 1.22. The lowest BCUT2D eigenvalue weighted by Crippen LogP contribution is -2.50. The first-order valence-corrected chi connectivity index (χ1v) is 6.24. The van der Waals surface area contributed by atoms with Gasteiger partial charge in [-0.25, -0.2) is 0 Å². The number of rotatable bonds is 3. The summed E-state index contributed by atoms with van der Waals surface area (Å²) in [7, 11) is 0. The molecule has 2 atom stereocenters. The van der Waals surface area contributed by atoms with Crippen molar-refractivity contribution < 1.29 is 0 Å². The van der Waals surface area contributed by atoms with E-state index in [4.69, 9.17) is 5.73 Å². The first kappa shape index (κ1) is 10.4. The van der Waals surface area contributed by atoms with E-state index in [1.54, 1.807) is 0 Å². The Balaban J connectivity index is 1.64. The maximum absolute atomic E-state index is 5.76. The topological polar surface area (TPSA) is 38.0 Å². The van der Waals surface area contributed by atoms with E-state index >= 15 is 0 Å². The minimum absolute atomic E-state index is 0.483. The highest BCUT2D eigenvalue weighted by Crippen LogP contribution is 2.29. The van der Waals surface area contributed by atoms with Gasteiger partial charge >= 0.3 is 0 Å². The molecule has 0 aromatic carbocycles. The molecule has 2 fully saturated rings. The van der Waals surface area contributed by atoms with Gasteiger partial charge in [0.25, 0.3) is 0 Å². The molecule has 0 spiro atoms. The minimum atomic E-state index is 0.483. The van der Waals surface area contributed by atoms with Gasteiger partial charge in [0.05, 0.1) is 0 Å². The molecule has 0 bridgehead atoms. The summed E-state index contributed by atoms with van der Waals surface area (Å²) in [4.78, 5) is 0. The number of hydrogen-bond acceptors (Lipinski definition) is 2. The third-order valence-electron chi connectivity index (χ3n) is 4.13. The molecule has 2 aliphatic rings. The molecule has 82 valence electrons. The Kier molecular flexibility index (Phi) is 3.45. The Morgan fingerprint density at radius 3 is 2.57 bits per heavy atom. The van der Waals surface area contributed by atoms with Crippen LogP contribution in [0.3, 0.4) is 0 Å². The molecule has 2 saturated carbocycles. The molecule has 0 radical (unpaired) electrons. The lowest BCUT2D eigenvalue weighted by Gasteiger charge is -2.36. The van der Waals surface area contributed by atoms with E-state index in [0.717, 1.165) is 17.9 Å². The van der Waals surface area contributed by atoms with Crippen molar-refractivity contribution in [3.63, 3.8) is 0 Å². The van der Waals surface area contributed by atoms with E-state index < -0.39 is 0 Å². The molecule has 14 heavy (non-hydrogen) atoms. The first-order valence-electron chi connectivity index (χ1n) is 6.24. The van der Waals surface area contributed by atoms with Gasteiger partial charge < -0.3 is 11.1 Å². The lowest BCUT2D eigenvalue weighted by molar-refractivity contribution is 0.214. The molecule has 0 aromatic rings. The molecule has 2 heteroatoms. The van der Waals surface area contributed by atoms with Crippen LogP contribution < -0.4 is 11.1 Å². The van der Waals surface area contributed by atoms with Crippen LogP contribution in [0.4, 0.5) is 0 Å². The standard InChI is InChI=1S/C12H24N2/c1-9-4-2-3-5-10(9)8-14-12-6-11(13)7-12/h9-12,14H,2-8,13H2,1H3. The van der Waals surface area contributed by atoms with Crippen molar-refractivity contribution in [2.75, 3.05) is 6.54 Å². The fraction of sp³-hybridized carbons (Fsp3) is 1.00. The Labute approximate surface area is 87.6 Å². The second kappa shape index (κ2) is 4.63. The summed E-state index contributed by atoms with van der Waals surface area (Å²) in [5, 5.41) is 3.67. The highest BCUT2D eigenvalue weighted by atomic mass is 15.0. The fourth-order valence-electron chi connectivity index (χ4n) is 2.84. The van der Waals surface area contributed by atoms with Crippen LogP contribution in [0.1, 0.15) is 45.4 Å². The van der Waals surface area contributed by atoms with Gasteiger partial charge in [-0.15, -0.1) is 0 Å². The lowest BCUT2D eigenvalue weighted by atomic mass is 9.79. The molecule has 0 saturated heterocycles. The smallest absolute Gasteiger partial charge is 0.00966 e. The Hall–Kier alpha value is -0.0800. The van der Waals surface area contributed by atoms with E-state index in [0.29, 0.717) is 6.04 Å². The molecule has 2 aliphatic carbocycles. The quantitative estimate of drug-likeness (QED) is 0.723. The van der Waals surface area contributed by atoms with Gasteiger partial charge in [-0.3, -0.25) is 0 Å². The zero-order valence-corrected chi connectivity index (χ0v) is 9.34. The van der Waals surface area contributed by atoms with Gasteiger partial charge in [0, 0.05) is 12.1 Å². The normalized spacial score (nSPS) is 43.3. The molecule has 0 heterocycles. The largest absolute Gasteiger partial charge is 0.328 e. The summed E-state index contributed by atoms with van der Waals surface area (Å²) in [5.74, 6) is 1.87. The van der Waals surface area contributed by atoms with Crippen LogP contribution in [0.25, 0.3) is 0 Å². The Bertz CT molecular complexity index is 175. The number of nitrogens with one attached hydrogen (secondary N) is 1. The van der Waals surface area contributed by atoms with Crippen LogP contribution in [-0.4, -0.2) is 18.6 Å². The van der Waals surface area contributed by atoms with Crippen LogP contribution in [0, 0.1) is 11.8 Å². The van der Waals surface area contributed by atoms with E-state index in [2.05, 4.69) is 12.2 Å². The molecule has 3 N–H and O–H groups in total. The van der Waals surface area contributed by atoms with Crippen LogP contribution >= 0.6 is 0 Å². The van der Waals surface area contributed by atoms with Crippen molar-refractivity contribution in [2.24, 2.45) is 17.6 Å². The summed E-state index contributed by atoms with van der Waals surface area (Å²) >= 11 is 0. The van der Waals surface area contributed by atoms with Crippen LogP contribution in [0.5, 0.6) is 0 Å². The van der Waals surface area contributed by atoms with E-state index in [9.17, 15) is 0 Å². The molecule has 0 aliphatic heterocycles. The fourth-order valence-corrected chi connectivity index (χ4v) is 2.84. The SMILES string of the molecule is CC1CCCCC1CNC1CC(N)C1. The number of hydrogen-bond donors (Lipinski definition) is 2.